The van der Waals surface area contributed by atoms with Gasteiger partial charge in [-0.1, -0.05) is 99.6 Å². The molecular formula is C30H42AuP+. The monoisotopic (exact) mass is 630 g/mol. The fraction of sp³-hybridized carbons (Fsp3) is 0.367. The van der Waals surface area contributed by atoms with E-state index in [0.717, 1.165) is 0 Å². The van der Waals surface area contributed by atoms with E-state index in [0.29, 0.717) is 10.3 Å². The quantitative estimate of drug-likeness (QED) is 0.196. The van der Waals surface area contributed by atoms with Crippen molar-refractivity contribution >= 4 is 13.2 Å². The van der Waals surface area contributed by atoms with E-state index < -0.39 is 7.92 Å². The standard InChI is InChI=1S/C20H27P.C6H5.C4H9.Au/c1-19(2,3)21(20(4,5)6)18-15-11-10-14-17(18)16-12-8-7-9-13-16;1-2-4-6-5-3-1;1-4(2)3;/h7-15H,1-6H3;1-5H;1-3H3;/p+1. The number of hydrogen-bond acceptors (Lipinski definition) is 0. The van der Waals surface area contributed by atoms with Crippen LogP contribution in [-0.4, -0.2) is 10.3 Å². The SMILES string of the molecule is CC(C)(C)[PH+](c1ccccc1-c1ccccc1)C(C)(C)C.C[C](C)C.[Au].[c]1ccccc1. The molecule has 177 valence electrons. The average Bonchev–Trinajstić information content (AvgIpc) is 2.68. The maximum Gasteiger partial charge on any atom is 0.100 e. The Kier molecular flexibility index (Phi) is 14.3. The van der Waals surface area contributed by atoms with Gasteiger partial charge in [-0.25, -0.2) is 0 Å². The third-order valence-corrected chi connectivity index (χ3v) is 8.36. The summed E-state index contributed by atoms with van der Waals surface area (Å²) in [6, 6.07) is 32.3. The number of rotatable bonds is 2. The molecule has 2 heteroatoms. The van der Waals surface area contributed by atoms with Crippen molar-refractivity contribution in [3.8, 4) is 11.1 Å². The van der Waals surface area contributed by atoms with Gasteiger partial charge in [-0.2, -0.15) is 0 Å². The van der Waals surface area contributed by atoms with Gasteiger partial charge >= 0.3 is 0 Å². The Balaban J connectivity index is 0.000000725. The Bertz CT molecular complexity index is 800. The summed E-state index contributed by atoms with van der Waals surface area (Å²) in [5, 5.41) is 2.22. The molecule has 0 aliphatic heterocycles. The Morgan fingerprint density at radius 1 is 0.625 bits per heavy atom. The Morgan fingerprint density at radius 3 is 1.41 bits per heavy atom. The molecule has 3 aromatic rings. The average molecular weight is 631 g/mol. The van der Waals surface area contributed by atoms with Crippen LogP contribution < -0.4 is 5.30 Å². The summed E-state index contributed by atoms with van der Waals surface area (Å²) in [6.45, 7) is 20.6. The van der Waals surface area contributed by atoms with Crippen LogP contribution in [-0.2, 0) is 22.4 Å². The summed E-state index contributed by atoms with van der Waals surface area (Å²) in [6.07, 6.45) is 0. The van der Waals surface area contributed by atoms with E-state index in [-0.39, 0.29) is 22.4 Å². The van der Waals surface area contributed by atoms with Crippen molar-refractivity contribution in [3.05, 3.63) is 96.9 Å². The first-order valence-electron chi connectivity index (χ1n) is 11.1. The molecular weight excluding hydrogens is 588 g/mol. The van der Waals surface area contributed by atoms with Gasteiger partial charge in [0.2, 0.25) is 0 Å². The predicted molar refractivity (Wildman–Crippen MR) is 145 cm³/mol. The van der Waals surface area contributed by atoms with Gasteiger partial charge < -0.3 is 0 Å². The minimum absolute atomic E-state index is 0. The minimum atomic E-state index is -0.730. The van der Waals surface area contributed by atoms with Crippen molar-refractivity contribution in [1.29, 1.82) is 0 Å². The first-order valence-corrected chi connectivity index (χ1v) is 12.6. The van der Waals surface area contributed by atoms with Crippen molar-refractivity contribution < 1.29 is 22.4 Å². The molecule has 3 aromatic carbocycles. The fourth-order valence-electron chi connectivity index (χ4n) is 3.85. The first kappa shape index (κ1) is 30.8. The third kappa shape index (κ3) is 11.6. The van der Waals surface area contributed by atoms with Crippen LogP contribution in [0.1, 0.15) is 62.3 Å². The van der Waals surface area contributed by atoms with E-state index in [9.17, 15) is 0 Å². The van der Waals surface area contributed by atoms with Gasteiger partial charge in [0.25, 0.3) is 0 Å². The van der Waals surface area contributed by atoms with Crippen LogP contribution in [0.15, 0.2) is 84.9 Å². The van der Waals surface area contributed by atoms with Gasteiger partial charge in [-0.15, -0.1) is 0 Å². The first-order chi connectivity index (χ1) is 14.4. The zero-order chi connectivity index (χ0) is 23.5. The van der Waals surface area contributed by atoms with Gasteiger partial charge in [-0.3, -0.25) is 0 Å². The summed E-state index contributed by atoms with van der Waals surface area (Å²) in [4.78, 5) is 0. The van der Waals surface area contributed by atoms with Crippen molar-refractivity contribution in [2.24, 2.45) is 0 Å². The van der Waals surface area contributed by atoms with Crippen molar-refractivity contribution in [3.63, 3.8) is 0 Å². The molecule has 0 aromatic heterocycles. The molecule has 0 nitrogen and oxygen atoms in total. The van der Waals surface area contributed by atoms with Crippen LogP contribution in [0.3, 0.4) is 0 Å². The van der Waals surface area contributed by atoms with E-state index in [2.05, 4.69) is 123 Å². The summed E-state index contributed by atoms with van der Waals surface area (Å²) in [5.41, 5.74) is 2.75. The Labute approximate surface area is 215 Å². The predicted octanol–water partition coefficient (Wildman–Crippen LogP) is 8.89. The summed E-state index contributed by atoms with van der Waals surface area (Å²) >= 11 is 0. The summed E-state index contributed by atoms with van der Waals surface area (Å²) in [7, 11) is -0.730. The van der Waals surface area contributed by atoms with Crippen LogP contribution in [0.5, 0.6) is 0 Å². The van der Waals surface area contributed by atoms with Crippen LogP contribution in [0.2, 0.25) is 0 Å². The molecule has 0 heterocycles. The van der Waals surface area contributed by atoms with E-state index in [1.807, 2.05) is 30.3 Å². The smallest absolute Gasteiger partial charge is 0.0622 e. The zero-order valence-electron chi connectivity index (χ0n) is 21.4. The number of benzene rings is 3. The maximum atomic E-state index is 2.89. The van der Waals surface area contributed by atoms with Gasteiger partial charge in [0.1, 0.15) is 5.30 Å². The second-order valence-electron chi connectivity index (χ2n) is 10.4. The largest absolute Gasteiger partial charge is 0.100 e. The number of hydrogen-bond donors (Lipinski definition) is 0. The molecule has 0 saturated carbocycles. The van der Waals surface area contributed by atoms with E-state index >= 15 is 0 Å². The topological polar surface area (TPSA) is 0 Å². The molecule has 0 N–H and O–H groups in total. The zero-order valence-corrected chi connectivity index (χ0v) is 24.6. The Morgan fingerprint density at radius 2 is 1.03 bits per heavy atom. The van der Waals surface area contributed by atoms with Gasteiger partial charge in [0.15, 0.2) is 0 Å². The normalized spacial score (nSPS) is 11.0. The molecule has 0 bridgehead atoms. The molecule has 0 saturated heterocycles. The Hall–Kier alpha value is -1.17. The van der Waals surface area contributed by atoms with Crippen LogP contribution >= 0.6 is 7.92 Å². The van der Waals surface area contributed by atoms with Crippen LogP contribution in [0, 0.1) is 12.0 Å². The van der Waals surface area contributed by atoms with Crippen LogP contribution in [0.25, 0.3) is 11.1 Å². The van der Waals surface area contributed by atoms with E-state index in [4.69, 9.17) is 0 Å². The molecule has 3 radical (unpaired) electrons. The molecule has 3 rings (SSSR count). The van der Waals surface area contributed by atoms with E-state index in [1.54, 1.807) is 5.30 Å². The van der Waals surface area contributed by atoms with Crippen molar-refractivity contribution in [1.82, 2.24) is 0 Å². The molecule has 0 aliphatic rings. The van der Waals surface area contributed by atoms with Gasteiger partial charge in [-0.05, 0) is 65.2 Å². The second-order valence-corrected chi connectivity index (χ2v) is 14.7. The van der Waals surface area contributed by atoms with Crippen LogP contribution in [0.4, 0.5) is 0 Å². The minimum Gasteiger partial charge on any atom is -0.0622 e. The third-order valence-electron chi connectivity index (χ3n) is 4.39. The van der Waals surface area contributed by atoms with Gasteiger partial charge in [0.05, 0.1) is 10.3 Å². The molecule has 0 fully saturated rings. The van der Waals surface area contributed by atoms with Crippen molar-refractivity contribution in [2.45, 2.75) is 72.6 Å². The maximum absolute atomic E-state index is 2.89. The molecule has 0 atom stereocenters. The second kappa shape index (κ2) is 14.9. The summed E-state index contributed by atoms with van der Waals surface area (Å²) in [5.74, 6) is 1.42. The summed E-state index contributed by atoms with van der Waals surface area (Å²) < 4.78 is 0. The molecule has 0 unspecified atom stereocenters. The molecule has 32 heavy (non-hydrogen) atoms. The molecule has 0 amide bonds. The van der Waals surface area contributed by atoms with E-state index in [1.165, 1.54) is 17.0 Å². The van der Waals surface area contributed by atoms with Crippen molar-refractivity contribution in [2.75, 3.05) is 0 Å². The molecule has 0 aliphatic carbocycles. The molecule has 0 spiro atoms. The van der Waals surface area contributed by atoms with Gasteiger partial charge in [0, 0.05) is 35.9 Å². The fourth-order valence-corrected chi connectivity index (χ4v) is 8.47.